The molecule has 0 aromatic carbocycles. The minimum atomic E-state index is -3.33. The van der Waals surface area contributed by atoms with Gasteiger partial charge < -0.3 is 9.88 Å². The third-order valence-corrected chi connectivity index (χ3v) is 6.09. The lowest BCUT2D eigenvalue weighted by atomic mass is 9.96. The van der Waals surface area contributed by atoms with Gasteiger partial charge in [0.15, 0.2) is 0 Å². The van der Waals surface area contributed by atoms with E-state index in [0.29, 0.717) is 30.4 Å². The average Bonchev–Trinajstić information content (AvgIpc) is 2.81. The highest BCUT2D eigenvalue weighted by Gasteiger charge is 2.29. The third kappa shape index (κ3) is 3.07. The zero-order valence-corrected chi connectivity index (χ0v) is 13.4. The van der Waals surface area contributed by atoms with Gasteiger partial charge in [-0.2, -0.15) is 4.31 Å². The zero-order chi connectivity index (χ0) is 14.8. The highest BCUT2D eigenvalue weighted by atomic mass is 32.2. The van der Waals surface area contributed by atoms with Gasteiger partial charge in [0.1, 0.15) is 4.90 Å². The molecule has 0 unspecified atom stereocenters. The summed E-state index contributed by atoms with van der Waals surface area (Å²) in [5, 5.41) is 3.05. The van der Waals surface area contributed by atoms with Crippen LogP contribution in [-0.4, -0.2) is 37.4 Å². The first kappa shape index (κ1) is 15.5. The first-order valence-corrected chi connectivity index (χ1v) is 8.73. The summed E-state index contributed by atoms with van der Waals surface area (Å²) in [6.45, 7) is 4.15. The van der Waals surface area contributed by atoms with Gasteiger partial charge in [-0.1, -0.05) is 13.3 Å². The minimum Gasteiger partial charge on any atom is -0.352 e. The number of nitrogens with one attached hydrogen (secondary N) is 1. The standard InChI is InChI=1S/C14H25N3O2S/c1-4-12-5-7-17(8-6-12)20(18,19)14-9-13(10-15-2)16(3)11-14/h9,11-12,15H,4-8,10H2,1-3H3. The van der Waals surface area contributed by atoms with Crippen LogP contribution in [0.4, 0.5) is 0 Å². The Bertz CT molecular complexity index is 543. The molecule has 1 N–H and O–H groups in total. The van der Waals surface area contributed by atoms with Crippen molar-refractivity contribution < 1.29 is 8.42 Å². The van der Waals surface area contributed by atoms with E-state index in [1.54, 1.807) is 16.6 Å². The van der Waals surface area contributed by atoms with Crippen LogP contribution in [0.2, 0.25) is 0 Å². The molecule has 0 aliphatic carbocycles. The molecule has 0 bridgehead atoms. The van der Waals surface area contributed by atoms with E-state index in [1.165, 1.54) is 0 Å². The zero-order valence-electron chi connectivity index (χ0n) is 12.6. The molecule has 20 heavy (non-hydrogen) atoms. The highest BCUT2D eigenvalue weighted by Crippen LogP contribution is 2.26. The molecule has 6 heteroatoms. The first-order valence-electron chi connectivity index (χ1n) is 7.29. The van der Waals surface area contributed by atoms with Gasteiger partial charge in [0, 0.05) is 38.6 Å². The molecule has 0 saturated carbocycles. The summed E-state index contributed by atoms with van der Waals surface area (Å²) in [5.41, 5.74) is 0.981. The second-order valence-corrected chi connectivity index (χ2v) is 7.50. The maximum atomic E-state index is 12.6. The van der Waals surface area contributed by atoms with E-state index in [-0.39, 0.29) is 0 Å². The Morgan fingerprint density at radius 2 is 2.00 bits per heavy atom. The van der Waals surface area contributed by atoms with Crippen molar-refractivity contribution >= 4 is 10.0 Å². The van der Waals surface area contributed by atoms with Crippen molar-refractivity contribution in [3.8, 4) is 0 Å². The maximum absolute atomic E-state index is 12.6. The van der Waals surface area contributed by atoms with Crippen molar-refractivity contribution in [1.82, 2.24) is 14.2 Å². The number of aromatic nitrogens is 1. The molecule has 1 aliphatic heterocycles. The SMILES string of the molecule is CCC1CCN(S(=O)(=O)c2cc(CNC)n(C)c2)CC1. The quantitative estimate of drug-likeness (QED) is 0.897. The lowest BCUT2D eigenvalue weighted by molar-refractivity contribution is 0.269. The smallest absolute Gasteiger partial charge is 0.244 e. The summed E-state index contributed by atoms with van der Waals surface area (Å²) in [6, 6.07) is 1.78. The molecule has 0 atom stereocenters. The lowest BCUT2D eigenvalue weighted by Gasteiger charge is -2.30. The monoisotopic (exact) mass is 299 g/mol. The molecule has 2 heterocycles. The second kappa shape index (κ2) is 6.28. The van der Waals surface area contributed by atoms with Crippen LogP contribution in [0, 0.1) is 5.92 Å². The van der Waals surface area contributed by atoms with Crippen LogP contribution in [0.15, 0.2) is 17.2 Å². The number of aryl methyl sites for hydroxylation is 1. The Kier molecular flexibility index (Phi) is 4.88. The predicted molar refractivity (Wildman–Crippen MR) is 80.0 cm³/mol. The molecule has 0 spiro atoms. The fraction of sp³-hybridized carbons (Fsp3) is 0.714. The van der Waals surface area contributed by atoms with Gasteiger partial charge in [0.05, 0.1) is 0 Å². The van der Waals surface area contributed by atoms with Crippen LogP contribution in [0.3, 0.4) is 0 Å². The highest BCUT2D eigenvalue weighted by molar-refractivity contribution is 7.89. The van der Waals surface area contributed by atoms with Crippen molar-refractivity contribution in [2.45, 2.75) is 37.6 Å². The van der Waals surface area contributed by atoms with Crippen molar-refractivity contribution in [2.75, 3.05) is 20.1 Å². The predicted octanol–water partition coefficient (Wildman–Crippen LogP) is 1.56. The average molecular weight is 299 g/mol. The van der Waals surface area contributed by atoms with Gasteiger partial charge in [-0.3, -0.25) is 0 Å². The largest absolute Gasteiger partial charge is 0.352 e. The van der Waals surface area contributed by atoms with Crippen LogP contribution in [0.25, 0.3) is 0 Å². The third-order valence-electron chi connectivity index (χ3n) is 4.23. The molecule has 1 aromatic heterocycles. The fourth-order valence-electron chi connectivity index (χ4n) is 2.78. The minimum absolute atomic E-state index is 0.417. The summed E-state index contributed by atoms with van der Waals surface area (Å²) < 4.78 is 28.8. The molecular weight excluding hydrogens is 274 g/mol. The van der Waals surface area contributed by atoms with Crippen LogP contribution >= 0.6 is 0 Å². The molecule has 2 rings (SSSR count). The number of hydrogen-bond acceptors (Lipinski definition) is 3. The normalized spacial score (nSPS) is 18.6. The van der Waals surface area contributed by atoms with Crippen molar-refractivity contribution in [3.63, 3.8) is 0 Å². The molecule has 1 aromatic rings. The molecule has 0 amide bonds. The number of rotatable bonds is 5. The number of sulfonamides is 1. The van der Waals surface area contributed by atoms with Crippen LogP contribution in [0.5, 0.6) is 0 Å². The van der Waals surface area contributed by atoms with Crippen LogP contribution < -0.4 is 5.32 Å². The van der Waals surface area contributed by atoms with Crippen LogP contribution in [0.1, 0.15) is 31.9 Å². The molecule has 114 valence electrons. The summed E-state index contributed by atoms with van der Waals surface area (Å²) in [6.07, 6.45) is 4.82. The second-order valence-electron chi connectivity index (χ2n) is 5.56. The van der Waals surface area contributed by atoms with Gasteiger partial charge in [-0.15, -0.1) is 0 Å². The van der Waals surface area contributed by atoms with E-state index >= 15 is 0 Å². The van der Waals surface area contributed by atoms with E-state index < -0.39 is 10.0 Å². The van der Waals surface area contributed by atoms with E-state index in [1.807, 2.05) is 18.7 Å². The fourth-order valence-corrected chi connectivity index (χ4v) is 4.35. The molecule has 1 fully saturated rings. The van der Waals surface area contributed by atoms with E-state index in [0.717, 1.165) is 25.0 Å². The van der Waals surface area contributed by atoms with Crippen LogP contribution in [-0.2, 0) is 23.6 Å². The van der Waals surface area contributed by atoms with Gasteiger partial charge in [-0.05, 0) is 31.9 Å². The summed E-state index contributed by atoms with van der Waals surface area (Å²) >= 11 is 0. The Morgan fingerprint density at radius 1 is 1.35 bits per heavy atom. The van der Waals surface area contributed by atoms with Gasteiger partial charge >= 0.3 is 0 Å². The molecule has 0 radical (unpaired) electrons. The Morgan fingerprint density at radius 3 is 2.55 bits per heavy atom. The topological polar surface area (TPSA) is 54.3 Å². The van der Waals surface area contributed by atoms with E-state index in [2.05, 4.69) is 12.2 Å². The van der Waals surface area contributed by atoms with Crippen molar-refractivity contribution in [2.24, 2.45) is 13.0 Å². The van der Waals surface area contributed by atoms with Gasteiger partial charge in [0.25, 0.3) is 0 Å². The van der Waals surface area contributed by atoms with Crippen molar-refractivity contribution in [1.29, 1.82) is 0 Å². The number of hydrogen-bond donors (Lipinski definition) is 1. The molecule has 5 nitrogen and oxygen atoms in total. The Hall–Kier alpha value is -0.850. The van der Waals surface area contributed by atoms with Crippen molar-refractivity contribution in [3.05, 3.63) is 18.0 Å². The molecule has 1 saturated heterocycles. The Labute approximate surface area is 122 Å². The lowest BCUT2D eigenvalue weighted by Crippen LogP contribution is -2.38. The summed E-state index contributed by atoms with van der Waals surface area (Å²) in [4.78, 5) is 0.417. The Balaban J connectivity index is 2.16. The number of nitrogens with zero attached hydrogens (tertiary/aromatic N) is 2. The first-order chi connectivity index (χ1) is 9.48. The summed E-state index contributed by atoms with van der Waals surface area (Å²) in [7, 11) is 0.413. The van der Waals surface area contributed by atoms with Gasteiger partial charge in [0.2, 0.25) is 10.0 Å². The molecule has 1 aliphatic rings. The summed E-state index contributed by atoms with van der Waals surface area (Å²) in [5.74, 6) is 0.678. The van der Waals surface area contributed by atoms with E-state index in [4.69, 9.17) is 0 Å². The maximum Gasteiger partial charge on any atom is 0.244 e. The molecular formula is C14H25N3O2S. The van der Waals surface area contributed by atoms with Gasteiger partial charge in [-0.25, -0.2) is 8.42 Å². The van der Waals surface area contributed by atoms with E-state index in [9.17, 15) is 8.42 Å². The number of piperidine rings is 1.